The highest BCUT2D eigenvalue weighted by Gasteiger charge is 2.13. The number of nitrogens with one attached hydrogen (secondary N) is 1. The summed E-state index contributed by atoms with van der Waals surface area (Å²) >= 11 is 7.76. The fraction of sp³-hybridized carbons (Fsp3) is 0.636. The molecule has 0 radical (unpaired) electrons. The molecule has 0 aromatic carbocycles. The van der Waals surface area contributed by atoms with Crippen LogP contribution in [0.15, 0.2) is 16.5 Å². The molecule has 2 rings (SSSR count). The standard InChI is InChI=1S/C11H16ClNOS/c12-11-2-1-10(14-11)8-13-7-9-3-5-15-6-4-9/h1-2,9,13H,3-8H2. The molecule has 1 aliphatic heterocycles. The van der Waals surface area contributed by atoms with E-state index in [4.69, 9.17) is 16.0 Å². The van der Waals surface area contributed by atoms with E-state index in [9.17, 15) is 0 Å². The minimum absolute atomic E-state index is 0.473. The molecule has 0 unspecified atom stereocenters. The lowest BCUT2D eigenvalue weighted by molar-refractivity contribution is 0.422. The van der Waals surface area contributed by atoms with Gasteiger partial charge in [0, 0.05) is 0 Å². The van der Waals surface area contributed by atoms with Crippen LogP contribution in [0.3, 0.4) is 0 Å². The summed E-state index contributed by atoms with van der Waals surface area (Å²) < 4.78 is 5.27. The molecule has 1 fully saturated rings. The molecule has 1 saturated heterocycles. The molecule has 4 heteroatoms. The monoisotopic (exact) mass is 245 g/mol. The molecule has 0 bridgehead atoms. The minimum atomic E-state index is 0.473. The van der Waals surface area contributed by atoms with Gasteiger partial charge in [-0.15, -0.1) is 0 Å². The Morgan fingerprint density at radius 1 is 1.40 bits per heavy atom. The number of furan rings is 1. The molecular weight excluding hydrogens is 230 g/mol. The van der Waals surface area contributed by atoms with E-state index in [2.05, 4.69) is 17.1 Å². The lowest BCUT2D eigenvalue weighted by Gasteiger charge is -2.21. The minimum Gasteiger partial charge on any atom is -0.448 e. The number of rotatable bonds is 4. The zero-order valence-electron chi connectivity index (χ0n) is 8.67. The number of hydrogen-bond donors (Lipinski definition) is 1. The Morgan fingerprint density at radius 3 is 2.87 bits per heavy atom. The van der Waals surface area contributed by atoms with Crippen molar-refractivity contribution >= 4 is 23.4 Å². The Balaban J connectivity index is 1.65. The Morgan fingerprint density at radius 2 is 2.20 bits per heavy atom. The summed E-state index contributed by atoms with van der Waals surface area (Å²) in [5.74, 6) is 4.40. The summed E-state index contributed by atoms with van der Waals surface area (Å²) in [5, 5.41) is 3.90. The van der Waals surface area contributed by atoms with Gasteiger partial charge in [0.15, 0.2) is 5.22 Å². The van der Waals surface area contributed by atoms with Crippen LogP contribution in [0, 0.1) is 5.92 Å². The van der Waals surface area contributed by atoms with Gasteiger partial charge in [-0.05, 0) is 60.5 Å². The first-order valence-corrected chi connectivity index (χ1v) is 6.90. The number of halogens is 1. The van der Waals surface area contributed by atoms with Crippen LogP contribution in [-0.2, 0) is 6.54 Å². The third kappa shape index (κ3) is 3.74. The summed E-state index contributed by atoms with van der Waals surface area (Å²) in [6, 6.07) is 3.71. The van der Waals surface area contributed by atoms with Gasteiger partial charge in [0.1, 0.15) is 5.76 Å². The highest BCUT2D eigenvalue weighted by Crippen LogP contribution is 2.22. The van der Waals surface area contributed by atoms with Gasteiger partial charge < -0.3 is 9.73 Å². The zero-order chi connectivity index (χ0) is 10.5. The van der Waals surface area contributed by atoms with Crippen LogP contribution in [0.2, 0.25) is 5.22 Å². The van der Waals surface area contributed by atoms with Crippen molar-refractivity contribution in [3.8, 4) is 0 Å². The predicted molar refractivity (Wildman–Crippen MR) is 65.5 cm³/mol. The topological polar surface area (TPSA) is 25.2 Å². The van der Waals surface area contributed by atoms with Crippen LogP contribution >= 0.6 is 23.4 Å². The van der Waals surface area contributed by atoms with Gasteiger partial charge in [-0.25, -0.2) is 0 Å². The van der Waals surface area contributed by atoms with Crippen molar-refractivity contribution < 1.29 is 4.42 Å². The summed E-state index contributed by atoms with van der Waals surface area (Å²) in [6.45, 7) is 1.88. The van der Waals surface area contributed by atoms with Gasteiger partial charge in [-0.3, -0.25) is 0 Å². The molecule has 15 heavy (non-hydrogen) atoms. The second-order valence-electron chi connectivity index (χ2n) is 3.89. The maximum atomic E-state index is 5.69. The third-order valence-electron chi connectivity index (χ3n) is 2.70. The van der Waals surface area contributed by atoms with Gasteiger partial charge in [-0.2, -0.15) is 11.8 Å². The molecule has 0 spiro atoms. The fourth-order valence-corrected chi connectivity index (χ4v) is 3.16. The van der Waals surface area contributed by atoms with E-state index in [1.807, 2.05) is 6.07 Å². The van der Waals surface area contributed by atoms with Crippen molar-refractivity contribution in [2.45, 2.75) is 19.4 Å². The molecule has 0 amide bonds. The average Bonchev–Trinajstić information content (AvgIpc) is 2.66. The lowest BCUT2D eigenvalue weighted by Crippen LogP contribution is -2.25. The molecule has 2 nitrogen and oxygen atoms in total. The van der Waals surface area contributed by atoms with Crippen LogP contribution in [0.1, 0.15) is 18.6 Å². The fourth-order valence-electron chi connectivity index (χ4n) is 1.80. The molecule has 2 heterocycles. The van der Waals surface area contributed by atoms with Crippen molar-refractivity contribution in [3.05, 3.63) is 23.1 Å². The van der Waals surface area contributed by atoms with Crippen LogP contribution in [0.5, 0.6) is 0 Å². The zero-order valence-corrected chi connectivity index (χ0v) is 10.2. The second-order valence-corrected chi connectivity index (χ2v) is 5.49. The molecule has 1 aromatic heterocycles. The van der Waals surface area contributed by atoms with E-state index in [1.54, 1.807) is 6.07 Å². The van der Waals surface area contributed by atoms with Crippen molar-refractivity contribution in [1.82, 2.24) is 5.32 Å². The summed E-state index contributed by atoms with van der Waals surface area (Å²) in [6.07, 6.45) is 2.69. The first kappa shape index (κ1) is 11.4. The first-order valence-electron chi connectivity index (χ1n) is 5.37. The maximum absolute atomic E-state index is 5.69. The maximum Gasteiger partial charge on any atom is 0.193 e. The van der Waals surface area contributed by atoms with E-state index in [1.165, 1.54) is 24.3 Å². The van der Waals surface area contributed by atoms with E-state index in [0.29, 0.717) is 5.22 Å². The third-order valence-corrected chi connectivity index (χ3v) is 3.95. The van der Waals surface area contributed by atoms with Gasteiger partial charge in [0.2, 0.25) is 0 Å². The largest absolute Gasteiger partial charge is 0.448 e. The van der Waals surface area contributed by atoms with Crippen molar-refractivity contribution in [2.75, 3.05) is 18.1 Å². The summed E-state index contributed by atoms with van der Waals surface area (Å²) in [4.78, 5) is 0. The predicted octanol–water partition coefficient (Wildman–Crippen LogP) is 3.17. The van der Waals surface area contributed by atoms with Crippen molar-refractivity contribution in [3.63, 3.8) is 0 Å². The molecule has 1 aliphatic rings. The Kier molecular flexibility index (Phi) is 4.42. The highest BCUT2D eigenvalue weighted by atomic mass is 35.5. The quantitative estimate of drug-likeness (QED) is 0.882. The van der Waals surface area contributed by atoms with Crippen molar-refractivity contribution in [1.29, 1.82) is 0 Å². The normalized spacial score (nSPS) is 18.2. The molecule has 0 saturated carbocycles. The van der Waals surface area contributed by atoms with E-state index >= 15 is 0 Å². The first-order chi connectivity index (χ1) is 7.34. The van der Waals surface area contributed by atoms with Crippen LogP contribution in [0.25, 0.3) is 0 Å². The second kappa shape index (κ2) is 5.83. The highest BCUT2D eigenvalue weighted by molar-refractivity contribution is 7.99. The molecule has 1 aromatic rings. The van der Waals surface area contributed by atoms with Gasteiger partial charge in [0.05, 0.1) is 6.54 Å². The SMILES string of the molecule is Clc1ccc(CNCC2CCSCC2)o1. The average molecular weight is 246 g/mol. The molecule has 0 aliphatic carbocycles. The van der Waals surface area contributed by atoms with Crippen molar-refractivity contribution in [2.24, 2.45) is 5.92 Å². The molecule has 0 atom stereocenters. The van der Waals surface area contributed by atoms with E-state index in [-0.39, 0.29) is 0 Å². The van der Waals surface area contributed by atoms with Gasteiger partial charge >= 0.3 is 0 Å². The van der Waals surface area contributed by atoms with Crippen LogP contribution < -0.4 is 5.32 Å². The van der Waals surface area contributed by atoms with E-state index in [0.717, 1.165) is 24.8 Å². The van der Waals surface area contributed by atoms with Crippen LogP contribution in [-0.4, -0.2) is 18.1 Å². The summed E-state index contributed by atoms with van der Waals surface area (Å²) in [5.41, 5.74) is 0. The Labute approximate surface area is 99.8 Å². The summed E-state index contributed by atoms with van der Waals surface area (Å²) in [7, 11) is 0. The molecule has 1 N–H and O–H groups in total. The Hall–Kier alpha value is -0.120. The van der Waals surface area contributed by atoms with Gasteiger partial charge in [-0.1, -0.05) is 0 Å². The van der Waals surface area contributed by atoms with Gasteiger partial charge in [0.25, 0.3) is 0 Å². The Bertz CT molecular complexity index is 297. The van der Waals surface area contributed by atoms with E-state index < -0.39 is 0 Å². The number of thioether (sulfide) groups is 1. The number of hydrogen-bond acceptors (Lipinski definition) is 3. The smallest absolute Gasteiger partial charge is 0.193 e. The van der Waals surface area contributed by atoms with Crippen LogP contribution in [0.4, 0.5) is 0 Å². The molecular formula is C11H16ClNOS. The lowest BCUT2D eigenvalue weighted by atomic mass is 10.0. The molecule has 84 valence electrons.